The number of morpholine rings is 1. The van der Waals surface area contributed by atoms with Gasteiger partial charge in [0.15, 0.2) is 0 Å². The van der Waals surface area contributed by atoms with E-state index in [-0.39, 0.29) is 11.6 Å². The first-order valence-corrected chi connectivity index (χ1v) is 10.5. The maximum atomic E-state index is 12.3. The zero-order valence-electron chi connectivity index (χ0n) is 17.6. The number of rotatable bonds is 8. The largest absolute Gasteiger partial charge is 0.380 e. The second-order valence-corrected chi connectivity index (χ2v) is 7.62. The molecule has 166 valence electrons. The van der Waals surface area contributed by atoms with Crippen LogP contribution in [-0.2, 0) is 16.1 Å². The van der Waals surface area contributed by atoms with E-state index in [0.29, 0.717) is 18.4 Å². The van der Waals surface area contributed by atoms with Gasteiger partial charge in [0.2, 0.25) is 5.91 Å². The van der Waals surface area contributed by atoms with E-state index in [4.69, 9.17) is 4.74 Å². The zero-order valence-corrected chi connectivity index (χ0v) is 17.6. The highest BCUT2D eigenvalue weighted by molar-refractivity contribution is 5.99. The van der Waals surface area contributed by atoms with Crippen LogP contribution in [0.25, 0.3) is 10.8 Å². The molecule has 0 saturated carbocycles. The lowest BCUT2D eigenvalue weighted by atomic mass is 10.1. The van der Waals surface area contributed by atoms with Gasteiger partial charge in [-0.25, -0.2) is 0 Å². The van der Waals surface area contributed by atoms with Crippen molar-refractivity contribution in [2.45, 2.75) is 13.0 Å². The fourth-order valence-corrected chi connectivity index (χ4v) is 3.75. The summed E-state index contributed by atoms with van der Waals surface area (Å²) in [7, 11) is 0. The Morgan fingerprint density at radius 1 is 1.16 bits per heavy atom. The number of nitrogens with one attached hydrogen (secondary N) is 2. The monoisotopic (exact) mass is 435 g/mol. The summed E-state index contributed by atoms with van der Waals surface area (Å²) < 4.78 is 5.33. The number of hydrogen-bond donors (Lipinski definition) is 2. The molecule has 1 fully saturated rings. The van der Waals surface area contributed by atoms with Crippen molar-refractivity contribution in [3.8, 4) is 0 Å². The Labute approximate surface area is 185 Å². The molecule has 4 rings (SSSR count). The fourth-order valence-electron chi connectivity index (χ4n) is 3.75. The highest BCUT2D eigenvalue weighted by Crippen LogP contribution is 2.31. The summed E-state index contributed by atoms with van der Waals surface area (Å²) in [5, 5.41) is 18.8. The number of hydrogen-bond acceptors (Lipinski definition) is 7. The summed E-state index contributed by atoms with van der Waals surface area (Å²) in [5.41, 5.74) is 2.54. The summed E-state index contributed by atoms with van der Waals surface area (Å²) in [6.07, 6.45) is 3.56. The van der Waals surface area contributed by atoms with Crippen molar-refractivity contribution in [1.82, 2.24) is 9.88 Å². The third kappa shape index (κ3) is 5.37. The quantitative estimate of drug-likeness (QED) is 0.412. The number of fused-ring (bicyclic) bond motifs is 1. The molecule has 0 aliphatic carbocycles. The number of carbonyl (C=O) groups excluding carboxylic acids is 1. The molecule has 1 aliphatic heterocycles. The lowest BCUT2D eigenvalue weighted by molar-refractivity contribution is -0.383. The van der Waals surface area contributed by atoms with Crippen LogP contribution in [0.4, 0.5) is 17.1 Å². The van der Waals surface area contributed by atoms with E-state index >= 15 is 0 Å². The molecule has 3 aromatic rings. The lowest BCUT2D eigenvalue weighted by Crippen LogP contribution is -2.38. The van der Waals surface area contributed by atoms with Gasteiger partial charge in [-0.3, -0.25) is 24.8 Å². The highest BCUT2D eigenvalue weighted by atomic mass is 16.6. The molecule has 0 atom stereocenters. The summed E-state index contributed by atoms with van der Waals surface area (Å²) in [6, 6.07) is 12.6. The van der Waals surface area contributed by atoms with Gasteiger partial charge < -0.3 is 15.4 Å². The molecule has 0 unspecified atom stereocenters. The van der Waals surface area contributed by atoms with Crippen LogP contribution < -0.4 is 10.6 Å². The van der Waals surface area contributed by atoms with Gasteiger partial charge in [-0.1, -0.05) is 12.1 Å². The molecule has 2 N–H and O–H groups in total. The normalized spacial score (nSPS) is 14.2. The molecule has 1 aliphatic rings. The Balaban J connectivity index is 1.38. The van der Waals surface area contributed by atoms with Gasteiger partial charge >= 0.3 is 0 Å². The Morgan fingerprint density at radius 2 is 2.00 bits per heavy atom. The highest BCUT2D eigenvalue weighted by Gasteiger charge is 2.15. The van der Waals surface area contributed by atoms with E-state index in [1.165, 1.54) is 12.3 Å². The number of non-ortho nitro benzene ring substituents is 1. The van der Waals surface area contributed by atoms with E-state index in [1.54, 1.807) is 18.3 Å². The van der Waals surface area contributed by atoms with Gasteiger partial charge in [0.1, 0.15) is 0 Å². The number of amides is 1. The number of aromatic nitrogens is 1. The second kappa shape index (κ2) is 10.2. The van der Waals surface area contributed by atoms with Gasteiger partial charge in [0, 0.05) is 67.8 Å². The molecule has 1 saturated heterocycles. The minimum atomic E-state index is -0.404. The number of nitrogens with zero attached hydrogens (tertiary/aromatic N) is 3. The molecule has 2 heterocycles. The van der Waals surface area contributed by atoms with Crippen molar-refractivity contribution in [1.29, 1.82) is 0 Å². The van der Waals surface area contributed by atoms with Gasteiger partial charge in [0.05, 0.1) is 23.5 Å². The van der Waals surface area contributed by atoms with Crippen LogP contribution in [0.1, 0.15) is 12.0 Å². The number of pyridine rings is 1. The maximum Gasteiger partial charge on any atom is 0.278 e. The first-order valence-electron chi connectivity index (χ1n) is 10.5. The molecule has 9 heteroatoms. The molecular formula is C23H25N5O4. The van der Waals surface area contributed by atoms with E-state index in [0.717, 1.165) is 55.2 Å². The van der Waals surface area contributed by atoms with Crippen molar-refractivity contribution in [3.05, 3.63) is 70.5 Å². The standard InChI is InChI=1S/C23H25N5O4/c29-23(7-9-27-10-12-32-13-11-27)26-18-3-1-2-17(14-18)15-25-21-4-5-22(28(30)31)20-16-24-8-6-19(20)21/h1-6,8,14,16,25H,7,9-13,15H2,(H,26,29). The minimum Gasteiger partial charge on any atom is -0.380 e. The number of nitro groups is 1. The second-order valence-electron chi connectivity index (χ2n) is 7.62. The fraction of sp³-hybridized carbons (Fsp3) is 0.304. The van der Waals surface area contributed by atoms with Crippen molar-refractivity contribution in [3.63, 3.8) is 0 Å². The summed E-state index contributed by atoms with van der Waals surface area (Å²) in [6.45, 7) is 4.39. The van der Waals surface area contributed by atoms with Gasteiger partial charge in [-0.2, -0.15) is 0 Å². The number of nitro benzene ring substituents is 1. The number of ether oxygens (including phenoxy) is 1. The minimum absolute atomic E-state index is 0.0181. The third-order valence-corrected chi connectivity index (χ3v) is 5.44. The van der Waals surface area contributed by atoms with E-state index in [2.05, 4.69) is 20.5 Å². The van der Waals surface area contributed by atoms with Gasteiger partial charge in [-0.05, 0) is 29.8 Å². The van der Waals surface area contributed by atoms with E-state index in [1.807, 2.05) is 24.3 Å². The molecule has 1 aromatic heterocycles. The Bertz CT molecular complexity index is 1110. The first kappa shape index (κ1) is 21.7. The van der Waals surface area contributed by atoms with Crippen LogP contribution in [-0.4, -0.2) is 53.6 Å². The Morgan fingerprint density at radius 3 is 2.81 bits per heavy atom. The van der Waals surface area contributed by atoms with E-state index < -0.39 is 4.92 Å². The molecule has 0 radical (unpaired) electrons. The van der Waals surface area contributed by atoms with Crippen LogP contribution in [0.2, 0.25) is 0 Å². The molecule has 2 aromatic carbocycles. The van der Waals surface area contributed by atoms with Crippen LogP contribution in [0, 0.1) is 10.1 Å². The van der Waals surface area contributed by atoms with Gasteiger partial charge in [0.25, 0.3) is 5.69 Å². The van der Waals surface area contributed by atoms with Crippen molar-refractivity contribution in [2.24, 2.45) is 0 Å². The van der Waals surface area contributed by atoms with Crippen molar-refractivity contribution in [2.75, 3.05) is 43.5 Å². The molecular weight excluding hydrogens is 410 g/mol. The number of carbonyl (C=O) groups is 1. The molecule has 9 nitrogen and oxygen atoms in total. The summed E-state index contributed by atoms with van der Waals surface area (Å²) >= 11 is 0. The molecule has 0 bridgehead atoms. The maximum absolute atomic E-state index is 12.3. The predicted octanol–water partition coefficient (Wildman–Crippen LogP) is 3.42. The van der Waals surface area contributed by atoms with Gasteiger partial charge in [-0.15, -0.1) is 0 Å². The number of anilines is 2. The molecule has 1 amide bonds. The zero-order chi connectivity index (χ0) is 22.3. The SMILES string of the molecule is O=C(CCN1CCOCC1)Nc1cccc(CNc2ccc([N+](=O)[O-])c3cnccc23)c1. The summed E-state index contributed by atoms with van der Waals surface area (Å²) in [5.74, 6) is -0.0181. The van der Waals surface area contributed by atoms with Crippen molar-refractivity contribution >= 4 is 33.7 Å². The van der Waals surface area contributed by atoms with Crippen LogP contribution in [0.15, 0.2) is 54.9 Å². The Kier molecular flexibility index (Phi) is 6.88. The van der Waals surface area contributed by atoms with Crippen molar-refractivity contribution < 1.29 is 14.5 Å². The van der Waals surface area contributed by atoms with Crippen LogP contribution >= 0.6 is 0 Å². The topological polar surface area (TPSA) is 110 Å². The number of benzene rings is 2. The van der Waals surface area contributed by atoms with E-state index in [9.17, 15) is 14.9 Å². The predicted molar refractivity (Wildman–Crippen MR) is 123 cm³/mol. The molecule has 32 heavy (non-hydrogen) atoms. The van der Waals surface area contributed by atoms with Crippen LogP contribution in [0.5, 0.6) is 0 Å². The summed E-state index contributed by atoms with van der Waals surface area (Å²) in [4.78, 5) is 29.5. The molecule has 0 spiro atoms. The average Bonchev–Trinajstić information content (AvgIpc) is 2.82. The van der Waals surface area contributed by atoms with Crippen LogP contribution in [0.3, 0.4) is 0 Å². The smallest absolute Gasteiger partial charge is 0.278 e. The average molecular weight is 435 g/mol. The lowest BCUT2D eigenvalue weighted by Gasteiger charge is -2.26. The Hall–Kier alpha value is -3.56. The third-order valence-electron chi connectivity index (χ3n) is 5.44. The first-order chi connectivity index (χ1) is 15.6.